The molecule has 0 radical (unpaired) electrons. The zero-order chi connectivity index (χ0) is 13.6. The van der Waals surface area contributed by atoms with Crippen LogP contribution >= 0.6 is 0 Å². The largest absolute Gasteiger partial charge is 0.351 e. The van der Waals surface area contributed by atoms with Crippen LogP contribution in [0.2, 0.25) is 0 Å². The zero-order valence-electron chi connectivity index (χ0n) is 10.4. The molecule has 3 N–H and O–H groups in total. The van der Waals surface area contributed by atoms with Crippen LogP contribution in [-0.4, -0.2) is 41.5 Å². The molecular weight excluding hydrogens is 254 g/mol. The Labute approximate surface area is 107 Å². The van der Waals surface area contributed by atoms with Crippen molar-refractivity contribution in [2.24, 2.45) is 0 Å². The molecule has 0 unspecified atom stereocenters. The number of nitrogens with one attached hydrogen (secondary N) is 3. The van der Waals surface area contributed by atoms with Crippen molar-refractivity contribution < 1.29 is 13.2 Å². The molecule has 0 aliphatic rings. The highest BCUT2D eigenvalue weighted by Gasteiger charge is 2.12. The normalized spacial score (nSPS) is 11.2. The highest BCUT2D eigenvalue weighted by atomic mass is 32.2. The molecule has 1 aromatic carbocycles. The van der Waals surface area contributed by atoms with E-state index in [1.807, 2.05) is 0 Å². The number of benzene rings is 1. The maximum atomic E-state index is 11.6. The minimum absolute atomic E-state index is 0.136. The Morgan fingerprint density at radius 2 is 1.72 bits per heavy atom. The molecular formula is C11H17N3O3S. The summed E-state index contributed by atoms with van der Waals surface area (Å²) in [5, 5.41) is 5.61. The summed E-state index contributed by atoms with van der Waals surface area (Å²) >= 11 is 0. The molecule has 0 saturated carbocycles. The van der Waals surface area contributed by atoms with Crippen molar-refractivity contribution in [1.29, 1.82) is 0 Å². The summed E-state index contributed by atoms with van der Waals surface area (Å²) in [6.07, 6.45) is 0. The first kappa shape index (κ1) is 14.6. The fraction of sp³-hybridized carbons (Fsp3) is 0.364. The van der Waals surface area contributed by atoms with E-state index in [2.05, 4.69) is 15.4 Å². The molecule has 18 heavy (non-hydrogen) atoms. The van der Waals surface area contributed by atoms with Crippen LogP contribution < -0.4 is 15.4 Å². The second kappa shape index (κ2) is 6.48. The number of carbonyl (C=O) groups is 1. The van der Waals surface area contributed by atoms with Gasteiger partial charge in [0.05, 0.1) is 4.90 Å². The smallest absolute Gasteiger partial charge is 0.251 e. The first-order valence-electron chi connectivity index (χ1n) is 5.47. The summed E-state index contributed by atoms with van der Waals surface area (Å²) in [6.45, 7) is 1.20. The van der Waals surface area contributed by atoms with Gasteiger partial charge in [0, 0.05) is 18.7 Å². The summed E-state index contributed by atoms with van der Waals surface area (Å²) < 4.78 is 25.2. The van der Waals surface area contributed by atoms with Gasteiger partial charge in [-0.1, -0.05) is 0 Å². The molecule has 1 rings (SSSR count). The molecule has 0 heterocycles. The Kier molecular flexibility index (Phi) is 5.26. The number of amides is 1. The first-order valence-corrected chi connectivity index (χ1v) is 6.96. The number of likely N-dealkylation sites (N-methyl/N-ethyl adjacent to an activating group) is 1. The number of hydrogen-bond acceptors (Lipinski definition) is 4. The van der Waals surface area contributed by atoms with Crippen molar-refractivity contribution in [3.05, 3.63) is 29.8 Å². The van der Waals surface area contributed by atoms with Gasteiger partial charge >= 0.3 is 0 Å². The van der Waals surface area contributed by atoms with Crippen molar-refractivity contribution in [1.82, 2.24) is 15.4 Å². The topological polar surface area (TPSA) is 87.3 Å². The SMILES string of the molecule is CNCCNC(=O)c1ccc(S(=O)(=O)NC)cc1. The third-order valence-corrected chi connectivity index (χ3v) is 3.79. The maximum Gasteiger partial charge on any atom is 0.251 e. The fourth-order valence-corrected chi connectivity index (χ4v) is 2.04. The van der Waals surface area contributed by atoms with Crippen LogP contribution in [-0.2, 0) is 10.0 Å². The average molecular weight is 271 g/mol. The predicted molar refractivity (Wildman–Crippen MR) is 68.9 cm³/mol. The van der Waals surface area contributed by atoms with Crippen molar-refractivity contribution in [3.8, 4) is 0 Å². The summed E-state index contributed by atoms with van der Waals surface area (Å²) in [6, 6.07) is 5.77. The number of sulfonamides is 1. The molecule has 0 spiro atoms. The lowest BCUT2D eigenvalue weighted by atomic mass is 10.2. The van der Waals surface area contributed by atoms with E-state index >= 15 is 0 Å². The summed E-state index contributed by atoms with van der Waals surface area (Å²) in [7, 11) is -0.317. The zero-order valence-corrected chi connectivity index (χ0v) is 11.2. The van der Waals surface area contributed by atoms with Gasteiger partial charge in [0.1, 0.15) is 0 Å². The lowest BCUT2D eigenvalue weighted by molar-refractivity contribution is 0.0954. The molecule has 0 fully saturated rings. The summed E-state index contributed by atoms with van der Waals surface area (Å²) in [4.78, 5) is 11.8. The Balaban J connectivity index is 2.74. The van der Waals surface area contributed by atoms with Crippen molar-refractivity contribution in [2.45, 2.75) is 4.90 Å². The molecule has 7 heteroatoms. The lowest BCUT2D eigenvalue weighted by Gasteiger charge is -2.06. The Hall–Kier alpha value is -1.44. The van der Waals surface area contributed by atoms with E-state index in [1.54, 1.807) is 7.05 Å². The molecule has 0 aromatic heterocycles. The highest BCUT2D eigenvalue weighted by molar-refractivity contribution is 7.89. The van der Waals surface area contributed by atoms with Crippen molar-refractivity contribution in [2.75, 3.05) is 27.2 Å². The van der Waals surface area contributed by atoms with E-state index in [9.17, 15) is 13.2 Å². The average Bonchev–Trinajstić information content (AvgIpc) is 2.39. The minimum atomic E-state index is -3.45. The third-order valence-electron chi connectivity index (χ3n) is 2.36. The second-order valence-corrected chi connectivity index (χ2v) is 5.48. The molecule has 100 valence electrons. The van der Waals surface area contributed by atoms with E-state index in [0.29, 0.717) is 18.7 Å². The monoisotopic (exact) mass is 271 g/mol. The second-order valence-electron chi connectivity index (χ2n) is 3.59. The Bertz CT molecular complexity index is 497. The van der Waals surface area contributed by atoms with Gasteiger partial charge in [-0.3, -0.25) is 4.79 Å². The van der Waals surface area contributed by atoms with Gasteiger partial charge < -0.3 is 10.6 Å². The standard InChI is InChI=1S/C11H17N3O3S/c1-12-7-8-14-11(15)9-3-5-10(6-4-9)18(16,17)13-2/h3-6,12-13H,7-8H2,1-2H3,(H,14,15). The van der Waals surface area contributed by atoms with Crippen LogP contribution in [0.15, 0.2) is 29.2 Å². The van der Waals surface area contributed by atoms with Gasteiger partial charge in [-0.25, -0.2) is 13.1 Å². The Morgan fingerprint density at radius 1 is 1.11 bits per heavy atom. The van der Waals surface area contributed by atoms with Crippen LogP contribution in [0, 0.1) is 0 Å². The first-order chi connectivity index (χ1) is 8.51. The van der Waals surface area contributed by atoms with E-state index in [-0.39, 0.29) is 10.8 Å². The fourth-order valence-electron chi connectivity index (χ4n) is 1.31. The molecule has 1 amide bonds. The molecule has 0 aliphatic carbocycles. The highest BCUT2D eigenvalue weighted by Crippen LogP contribution is 2.09. The van der Waals surface area contributed by atoms with Gasteiger partial charge in [0.15, 0.2) is 0 Å². The van der Waals surface area contributed by atoms with E-state index in [1.165, 1.54) is 31.3 Å². The number of rotatable bonds is 6. The summed E-state index contributed by atoms with van der Waals surface area (Å²) in [5.41, 5.74) is 0.432. The van der Waals surface area contributed by atoms with Gasteiger partial charge in [-0.05, 0) is 38.4 Å². The molecule has 0 bridgehead atoms. The Morgan fingerprint density at radius 3 is 2.22 bits per heavy atom. The molecule has 0 saturated heterocycles. The third kappa shape index (κ3) is 3.80. The molecule has 6 nitrogen and oxygen atoms in total. The number of carbonyl (C=O) groups excluding carboxylic acids is 1. The van der Waals surface area contributed by atoms with E-state index < -0.39 is 10.0 Å². The molecule has 1 aromatic rings. The van der Waals surface area contributed by atoms with Gasteiger partial charge in [-0.2, -0.15) is 0 Å². The number of hydrogen-bond donors (Lipinski definition) is 3. The van der Waals surface area contributed by atoms with Crippen LogP contribution in [0.1, 0.15) is 10.4 Å². The minimum Gasteiger partial charge on any atom is -0.351 e. The van der Waals surface area contributed by atoms with Crippen LogP contribution in [0.25, 0.3) is 0 Å². The molecule has 0 aliphatic heterocycles. The van der Waals surface area contributed by atoms with E-state index in [0.717, 1.165) is 0 Å². The van der Waals surface area contributed by atoms with Crippen LogP contribution in [0.3, 0.4) is 0 Å². The summed E-state index contributed by atoms with van der Waals surface area (Å²) in [5.74, 6) is -0.223. The quantitative estimate of drug-likeness (QED) is 0.611. The van der Waals surface area contributed by atoms with Gasteiger partial charge in [-0.15, -0.1) is 0 Å². The van der Waals surface area contributed by atoms with E-state index in [4.69, 9.17) is 0 Å². The van der Waals surface area contributed by atoms with Gasteiger partial charge in [0.25, 0.3) is 5.91 Å². The predicted octanol–water partition coefficient (Wildman–Crippen LogP) is -0.456. The van der Waals surface area contributed by atoms with Crippen LogP contribution in [0.5, 0.6) is 0 Å². The maximum absolute atomic E-state index is 11.6. The van der Waals surface area contributed by atoms with Crippen molar-refractivity contribution >= 4 is 15.9 Å². The van der Waals surface area contributed by atoms with Crippen LogP contribution in [0.4, 0.5) is 0 Å². The van der Waals surface area contributed by atoms with Crippen molar-refractivity contribution in [3.63, 3.8) is 0 Å². The van der Waals surface area contributed by atoms with Gasteiger partial charge in [0.2, 0.25) is 10.0 Å². The lowest BCUT2D eigenvalue weighted by Crippen LogP contribution is -2.30. The molecule has 0 atom stereocenters.